The van der Waals surface area contributed by atoms with Crippen LogP contribution in [0.2, 0.25) is 0 Å². The number of hydrogen-bond donors (Lipinski definition) is 1. The second-order valence-corrected chi connectivity index (χ2v) is 7.94. The first-order valence-electron chi connectivity index (χ1n) is 10.5. The first-order chi connectivity index (χ1) is 12.3. The fourth-order valence-electron chi connectivity index (χ4n) is 4.38. The van der Waals surface area contributed by atoms with Gasteiger partial charge in [-0.3, -0.25) is 4.99 Å². The van der Waals surface area contributed by atoms with E-state index in [1.807, 2.05) is 7.05 Å². The van der Waals surface area contributed by atoms with Crippen molar-refractivity contribution in [3.05, 3.63) is 0 Å². The van der Waals surface area contributed by atoms with Crippen molar-refractivity contribution < 1.29 is 9.47 Å². The van der Waals surface area contributed by atoms with Gasteiger partial charge in [0.25, 0.3) is 0 Å². The highest BCUT2D eigenvalue weighted by molar-refractivity contribution is 14.0. The van der Waals surface area contributed by atoms with Crippen LogP contribution in [-0.2, 0) is 9.47 Å². The molecule has 0 bridgehead atoms. The van der Waals surface area contributed by atoms with E-state index in [9.17, 15) is 0 Å². The summed E-state index contributed by atoms with van der Waals surface area (Å²) in [6.45, 7) is 4.86. The van der Waals surface area contributed by atoms with Crippen LogP contribution in [-0.4, -0.2) is 63.0 Å². The van der Waals surface area contributed by atoms with Gasteiger partial charge in [0, 0.05) is 33.3 Å². The molecule has 0 aromatic rings. The van der Waals surface area contributed by atoms with E-state index in [4.69, 9.17) is 9.47 Å². The molecular formula is C20H38IN3O2. The van der Waals surface area contributed by atoms with Crippen molar-refractivity contribution in [1.29, 1.82) is 0 Å². The lowest BCUT2D eigenvalue weighted by atomic mass is 9.89. The van der Waals surface area contributed by atoms with E-state index in [1.54, 1.807) is 0 Å². The van der Waals surface area contributed by atoms with Gasteiger partial charge in [-0.05, 0) is 50.9 Å². The zero-order chi connectivity index (χ0) is 17.3. The van der Waals surface area contributed by atoms with E-state index in [1.165, 1.54) is 44.9 Å². The van der Waals surface area contributed by atoms with Crippen molar-refractivity contribution in [1.82, 2.24) is 10.2 Å². The molecule has 1 aliphatic carbocycles. The van der Waals surface area contributed by atoms with Gasteiger partial charge >= 0.3 is 0 Å². The monoisotopic (exact) mass is 479 g/mol. The summed E-state index contributed by atoms with van der Waals surface area (Å²) in [5.41, 5.74) is 0. The first-order valence-corrected chi connectivity index (χ1v) is 10.5. The Bertz CT molecular complexity index is 402. The molecule has 0 aromatic carbocycles. The van der Waals surface area contributed by atoms with Crippen molar-refractivity contribution in [2.45, 2.75) is 76.4 Å². The van der Waals surface area contributed by atoms with Crippen LogP contribution in [0.5, 0.6) is 0 Å². The van der Waals surface area contributed by atoms with Gasteiger partial charge < -0.3 is 19.7 Å². The molecule has 0 radical (unpaired) electrons. The van der Waals surface area contributed by atoms with E-state index in [0.717, 1.165) is 64.0 Å². The Balaban J connectivity index is 0.00000243. The summed E-state index contributed by atoms with van der Waals surface area (Å²) in [5.74, 6) is 1.92. The zero-order valence-corrected chi connectivity index (χ0v) is 18.8. The van der Waals surface area contributed by atoms with Crippen molar-refractivity contribution in [3.8, 4) is 0 Å². The van der Waals surface area contributed by atoms with E-state index in [0.29, 0.717) is 12.2 Å². The minimum Gasteiger partial charge on any atom is -0.376 e. The van der Waals surface area contributed by atoms with Crippen LogP contribution in [0.3, 0.4) is 0 Å². The average molecular weight is 479 g/mol. The molecule has 0 spiro atoms. The van der Waals surface area contributed by atoms with E-state index in [-0.39, 0.29) is 24.0 Å². The van der Waals surface area contributed by atoms with E-state index < -0.39 is 0 Å². The van der Waals surface area contributed by atoms with Crippen LogP contribution in [0.25, 0.3) is 0 Å². The molecule has 1 N–H and O–H groups in total. The highest BCUT2D eigenvalue weighted by Crippen LogP contribution is 2.23. The van der Waals surface area contributed by atoms with Crippen LogP contribution in [0.4, 0.5) is 0 Å². The lowest BCUT2D eigenvalue weighted by Gasteiger charge is -2.35. The Morgan fingerprint density at radius 1 is 1.04 bits per heavy atom. The number of guanidine groups is 1. The first kappa shape index (κ1) is 22.2. The maximum atomic E-state index is 6.13. The molecular weight excluding hydrogens is 441 g/mol. The minimum atomic E-state index is 0. The van der Waals surface area contributed by atoms with Crippen LogP contribution in [0, 0.1) is 5.92 Å². The van der Waals surface area contributed by atoms with Crippen molar-refractivity contribution in [2.75, 3.05) is 39.9 Å². The Hall–Kier alpha value is -0.0800. The quantitative estimate of drug-likeness (QED) is 0.370. The van der Waals surface area contributed by atoms with Gasteiger partial charge in [0.1, 0.15) is 0 Å². The fourth-order valence-corrected chi connectivity index (χ4v) is 4.38. The van der Waals surface area contributed by atoms with Crippen LogP contribution < -0.4 is 5.32 Å². The molecule has 5 nitrogen and oxygen atoms in total. The lowest BCUT2D eigenvalue weighted by molar-refractivity contribution is -0.0721. The predicted molar refractivity (Wildman–Crippen MR) is 117 cm³/mol. The van der Waals surface area contributed by atoms with Gasteiger partial charge in [-0.2, -0.15) is 0 Å². The number of hydrogen-bond acceptors (Lipinski definition) is 3. The smallest absolute Gasteiger partial charge is 0.193 e. The molecule has 1 atom stereocenters. The number of ether oxygens (including phenoxy) is 2. The predicted octanol–water partition coefficient (Wildman–Crippen LogP) is 3.81. The highest BCUT2D eigenvalue weighted by atomic mass is 127. The number of piperidine rings is 1. The second kappa shape index (κ2) is 12.4. The summed E-state index contributed by atoms with van der Waals surface area (Å²) in [7, 11) is 1.91. The summed E-state index contributed by atoms with van der Waals surface area (Å²) in [6.07, 6.45) is 13.5. The summed E-state index contributed by atoms with van der Waals surface area (Å²) in [4.78, 5) is 6.91. The Labute approximate surface area is 176 Å². The summed E-state index contributed by atoms with van der Waals surface area (Å²) in [5, 5.41) is 3.62. The average Bonchev–Trinajstić information content (AvgIpc) is 2.69. The molecule has 26 heavy (non-hydrogen) atoms. The fraction of sp³-hybridized carbons (Fsp3) is 0.950. The molecule has 152 valence electrons. The highest BCUT2D eigenvalue weighted by Gasteiger charge is 2.24. The number of likely N-dealkylation sites (tertiary alicyclic amines) is 1. The molecule has 0 aromatic heterocycles. The van der Waals surface area contributed by atoms with Gasteiger partial charge in [0.05, 0.1) is 18.8 Å². The SMILES string of the molecule is CN=C(NCC1CCCCC1)N1CCC(OCC2CCCCO2)CC1.I. The minimum absolute atomic E-state index is 0. The molecule has 2 heterocycles. The van der Waals surface area contributed by atoms with E-state index in [2.05, 4.69) is 15.2 Å². The third-order valence-electron chi connectivity index (χ3n) is 6.02. The Kier molecular flexibility index (Phi) is 10.6. The summed E-state index contributed by atoms with van der Waals surface area (Å²) >= 11 is 0. The molecule has 1 unspecified atom stereocenters. The number of aliphatic imine (C=N–C) groups is 1. The van der Waals surface area contributed by atoms with E-state index >= 15 is 0 Å². The lowest BCUT2D eigenvalue weighted by Crippen LogP contribution is -2.48. The number of nitrogens with one attached hydrogen (secondary N) is 1. The maximum absolute atomic E-state index is 6.13. The van der Waals surface area contributed by atoms with Crippen molar-refractivity contribution >= 4 is 29.9 Å². The van der Waals surface area contributed by atoms with Gasteiger partial charge in [-0.25, -0.2) is 0 Å². The molecule has 0 amide bonds. The van der Waals surface area contributed by atoms with Crippen LogP contribution >= 0.6 is 24.0 Å². The number of nitrogens with zero attached hydrogens (tertiary/aromatic N) is 2. The normalized spacial score (nSPS) is 26.4. The van der Waals surface area contributed by atoms with Crippen molar-refractivity contribution in [2.24, 2.45) is 10.9 Å². The third-order valence-corrected chi connectivity index (χ3v) is 6.02. The standard InChI is InChI=1S/C20H37N3O2.HI/c1-21-20(22-15-17-7-3-2-4-8-17)23-12-10-18(11-13-23)25-16-19-9-5-6-14-24-19;/h17-19H,2-16H2,1H3,(H,21,22);1H. The number of rotatable bonds is 5. The van der Waals surface area contributed by atoms with Gasteiger partial charge in [0.2, 0.25) is 0 Å². The third kappa shape index (κ3) is 7.15. The maximum Gasteiger partial charge on any atom is 0.193 e. The van der Waals surface area contributed by atoms with Gasteiger partial charge in [-0.15, -0.1) is 24.0 Å². The van der Waals surface area contributed by atoms with Gasteiger partial charge in [0.15, 0.2) is 5.96 Å². The van der Waals surface area contributed by atoms with Crippen molar-refractivity contribution in [3.63, 3.8) is 0 Å². The number of halogens is 1. The van der Waals surface area contributed by atoms with Crippen LogP contribution in [0.1, 0.15) is 64.2 Å². The molecule has 1 saturated carbocycles. The zero-order valence-electron chi connectivity index (χ0n) is 16.5. The molecule has 2 saturated heterocycles. The summed E-state index contributed by atoms with van der Waals surface area (Å²) in [6, 6.07) is 0. The molecule has 2 aliphatic heterocycles. The topological polar surface area (TPSA) is 46.1 Å². The Morgan fingerprint density at radius 2 is 1.77 bits per heavy atom. The summed E-state index contributed by atoms with van der Waals surface area (Å²) < 4.78 is 11.9. The second-order valence-electron chi connectivity index (χ2n) is 7.94. The molecule has 6 heteroatoms. The van der Waals surface area contributed by atoms with Crippen LogP contribution in [0.15, 0.2) is 4.99 Å². The largest absolute Gasteiger partial charge is 0.376 e. The Morgan fingerprint density at radius 3 is 2.42 bits per heavy atom. The molecule has 3 fully saturated rings. The molecule has 3 aliphatic rings. The molecule has 3 rings (SSSR count). The van der Waals surface area contributed by atoms with Gasteiger partial charge in [-0.1, -0.05) is 19.3 Å².